The van der Waals surface area contributed by atoms with Gasteiger partial charge in [-0.2, -0.15) is 0 Å². The molecule has 0 fully saturated rings. The smallest absolute Gasteiger partial charge is 0.126 e. The second-order valence-electron chi connectivity index (χ2n) is 4.70. The Balaban J connectivity index is 2.40. The van der Waals surface area contributed by atoms with Gasteiger partial charge in [-0.15, -0.1) is 0 Å². The molecule has 3 aromatic carbocycles. The number of benzene rings is 3. The number of fused-ring (bicyclic) bond motifs is 5. The van der Waals surface area contributed by atoms with E-state index in [1.807, 2.05) is 24.3 Å². The summed E-state index contributed by atoms with van der Waals surface area (Å²) in [6.07, 6.45) is 1.76. The van der Waals surface area contributed by atoms with Gasteiger partial charge in [0.1, 0.15) is 11.5 Å². The predicted octanol–water partition coefficient (Wildman–Crippen LogP) is 3.89. The minimum atomic E-state index is 0.222. The fourth-order valence-electron chi connectivity index (χ4n) is 2.78. The number of hydrogen-bond acceptors (Lipinski definition) is 2. The van der Waals surface area contributed by atoms with Crippen LogP contribution in [0.5, 0.6) is 11.5 Å². The van der Waals surface area contributed by atoms with Gasteiger partial charge in [-0.3, -0.25) is 0 Å². The van der Waals surface area contributed by atoms with Crippen molar-refractivity contribution in [2.45, 2.75) is 0 Å². The molecule has 0 bridgehead atoms. The van der Waals surface area contributed by atoms with Gasteiger partial charge in [0.15, 0.2) is 0 Å². The maximum atomic E-state index is 10.3. The van der Waals surface area contributed by atoms with E-state index in [0.717, 1.165) is 32.4 Å². The molecular weight excluding hydrogens is 238 g/mol. The van der Waals surface area contributed by atoms with Crippen LogP contribution in [0.2, 0.25) is 0 Å². The third-order valence-electron chi connectivity index (χ3n) is 3.62. The number of aromatic nitrogens is 1. The number of phenols is 2. The summed E-state index contributed by atoms with van der Waals surface area (Å²) in [5, 5.41) is 24.7. The van der Waals surface area contributed by atoms with Crippen molar-refractivity contribution in [2.75, 3.05) is 0 Å². The number of nitrogens with one attached hydrogen (secondary N) is 1. The maximum Gasteiger partial charge on any atom is 0.126 e. The third kappa shape index (κ3) is 1.27. The lowest BCUT2D eigenvalue weighted by molar-refractivity contribution is 0.480. The number of aromatic amines is 1. The highest BCUT2D eigenvalue weighted by Gasteiger charge is 2.13. The number of rotatable bonds is 0. The standard InChI is InChI=1S/C16H11NO2/c18-13-8-12-10-4-2-1-3-9(10)7-14(19)15(12)16-11(13)5-6-17-16/h1-8,17-19H. The zero-order valence-corrected chi connectivity index (χ0v) is 10.0. The molecule has 19 heavy (non-hydrogen) atoms. The van der Waals surface area contributed by atoms with E-state index >= 15 is 0 Å². The van der Waals surface area contributed by atoms with Crippen LogP contribution in [0.3, 0.4) is 0 Å². The molecule has 3 heteroatoms. The Hall–Kier alpha value is -2.68. The number of H-pyrrole nitrogens is 1. The van der Waals surface area contributed by atoms with E-state index in [0.29, 0.717) is 0 Å². The van der Waals surface area contributed by atoms with Crippen LogP contribution < -0.4 is 0 Å². The molecule has 1 heterocycles. The molecule has 0 saturated carbocycles. The Labute approximate surface area is 108 Å². The topological polar surface area (TPSA) is 56.2 Å². The molecule has 3 nitrogen and oxygen atoms in total. The van der Waals surface area contributed by atoms with Gasteiger partial charge >= 0.3 is 0 Å². The van der Waals surface area contributed by atoms with Crippen LogP contribution in [-0.4, -0.2) is 15.2 Å². The second kappa shape index (κ2) is 3.42. The summed E-state index contributed by atoms with van der Waals surface area (Å²) in [6.45, 7) is 0. The van der Waals surface area contributed by atoms with Crippen molar-refractivity contribution < 1.29 is 10.2 Å². The van der Waals surface area contributed by atoms with E-state index in [1.165, 1.54) is 0 Å². The number of phenolic OH excluding ortho intramolecular Hbond substituents is 2. The Morgan fingerprint density at radius 1 is 0.789 bits per heavy atom. The lowest BCUT2D eigenvalue weighted by Crippen LogP contribution is -1.82. The quantitative estimate of drug-likeness (QED) is 0.414. The Bertz CT molecular complexity index is 938. The third-order valence-corrected chi connectivity index (χ3v) is 3.62. The molecule has 0 aliphatic heterocycles. The fraction of sp³-hybridized carbons (Fsp3) is 0. The first-order valence-corrected chi connectivity index (χ1v) is 6.09. The average molecular weight is 249 g/mol. The van der Waals surface area contributed by atoms with Crippen LogP contribution in [0.4, 0.5) is 0 Å². The van der Waals surface area contributed by atoms with Crippen LogP contribution in [0, 0.1) is 0 Å². The summed E-state index contributed by atoms with van der Waals surface area (Å²) >= 11 is 0. The lowest BCUT2D eigenvalue weighted by atomic mass is 9.99. The molecule has 0 saturated heterocycles. The highest BCUT2D eigenvalue weighted by atomic mass is 16.3. The van der Waals surface area contributed by atoms with E-state index in [-0.39, 0.29) is 11.5 Å². The SMILES string of the molecule is Oc1cc2c3ccccc3cc(O)c2c2[nH]ccc12. The van der Waals surface area contributed by atoms with E-state index in [1.54, 1.807) is 24.4 Å². The predicted molar refractivity (Wildman–Crippen MR) is 76.6 cm³/mol. The molecule has 0 radical (unpaired) electrons. The van der Waals surface area contributed by atoms with Gasteiger partial charge in [0.05, 0.1) is 5.52 Å². The lowest BCUT2D eigenvalue weighted by Gasteiger charge is -2.08. The normalized spacial score (nSPS) is 11.6. The van der Waals surface area contributed by atoms with E-state index in [2.05, 4.69) is 4.98 Å². The van der Waals surface area contributed by atoms with Crippen LogP contribution in [0.15, 0.2) is 48.7 Å². The summed E-state index contributed by atoms with van der Waals surface area (Å²) in [7, 11) is 0. The van der Waals surface area contributed by atoms with E-state index < -0.39 is 0 Å². The van der Waals surface area contributed by atoms with Crippen LogP contribution in [-0.2, 0) is 0 Å². The average Bonchev–Trinajstić information content (AvgIpc) is 2.88. The summed E-state index contributed by atoms with van der Waals surface area (Å²) in [5.74, 6) is 0.445. The Morgan fingerprint density at radius 3 is 2.53 bits per heavy atom. The molecule has 92 valence electrons. The molecule has 0 amide bonds. The van der Waals surface area contributed by atoms with Gasteiger partial charge in [0.25, 0.3) is 0 Å². The van der Waals surface area contributed by atoms with Gasteiger partial charge in [-0.1, -0.05) is 24.3 Å². The van der Waals surface area contributed by atoms with Gasteiger partial charge in [-0.05, 0) is 34.4 Å². The molecular formula is C16H11NO2. The van der Waals surface area contributed by atoms with Crippen molar-refractivity contribution >= 4 is 32.4 Å². The highest BCUT2D eigenvalue weighted by Crippen LogP contribution is 2.40. The summed E-state index contributed by atoms with van der Waals surface area (Å²) in [5.41, 5.74) is 0.762. The van der Waals surface area contributed by atoms with Crippen molar-refractivity contribution in [1.82, 2.24) is 4.98 Å². The van der Waals surface area contributed by atoms with Gasteiger partial charge < -0.3 is 15.2 Å². The summed E-state index contributed by atoms with van der Waals surface area (Å²) in [4.78, 5) is 3.09. The zero-order chi connectivity index (χ0) is 13.0. The van der Waals surface area contributed by atoms with Crippen molar-refractivity contribution in [3.05, 3.63) is 48.7 Å². The zero-order valence-electron chi connectivity index (χ0n) is 10.0. The van der Waals surface area contributed by atoms with Crippen molar-refractivity contribution in [3.63, 3.8) is 0 Å². The Kier molecular flexibility index (Phi) is 1.85. The first-order valence-electron chi connectivity index (χ1n) is 6.09. The molecule has 0 aliphatic rings. The van der Waals surface area contributed by atoms with Crippen LogP contribution in [0.25, 0.3) is 32.4 Å². The molecule has 4 aromatic rings. The van der Waals surface area contributed by atoms with Gasteiger partial charge in [0, 0.05) is 17.0 Å². The largest absolute Gasteiger partial charge is 0.507 e. The first-order chi connectivity index (χ1) is 9.25. The molecule has 0 atom stereocenters. The summed E-state index contributed by atoms with van der Waals surface area (Å²) < 4.78 is 0. The molecule has 3 N–H and O–H groups in total. The molecule has 0 aliphatic carbocycles. The van der Waals surface area contributed by atoms with E-state index in [9.17, 15) is 10.2 Å². The van der Waals surface area contributed by atoms with Crippen molar-refractivity contribution in [2.24, 2.45) is 0 Å². The molecule has 1 aromatic heterocycles. The molecule has 0 unspecified atom stereocenters. The van der Waals surface area contributed by atoms with Crippen molar-refractivity contribution in [3.8, 4) is 11.5 Å². The van der Waals surface area contributed by atoms with E-state index in [4.69, 9.17) is 0 Å². The minimum Gasteiger partial charge on any atom is -0.507 e. The van der Waals surface area contributed by atoms with Crippen molar-refractivity contribution in [1.29, 1.82) is 0 Å². The maximum absolute atomic E-state index is 10.3. The van der Waals surface area contributed by atoms with Gasteiger partial charge in [-0.25, -0.2) is 0 Å². The first kappa shape index (κ1) is 10.3. The monoisotopic (exact) mass is 249 g/mol. The molecule has 4 rings (SSSR count). The number of hydrogen-bond donors (Lipinski definition) is 3. The number of aromatic hydroxyl groups is 2. The van der Waals surface area contributed by atoms with Crippen LogP contribution >= 0.6 is 0 Å². The minimum absolute atomic E-state index is 0.222. The fourth-order valence-corrected chi connectivity index (χ4v) is 2.78. The van der Waals surface area contributed by atoms with Gasteiger partial charge in [0.2, 0.25) is 0 Å². The second-order valence-corrected chi connectivity index (χ2v) is 4.70. The van der Waals surface area contributed by atoms with Crippen LogP contribution in [0.1, 0.15) is 0 Å². The molecule has 0 spiro atoms. The Morgan fingerprint density at radius 2 is 1.63 bits per heavy atom. The highest BCUT2D eigenvalue weighted by molar-refractivity contribution is 6.20. The summed E-state index contributed by atoms with van der Waals surface area (Å²) in [6, 6.07) is 13.1.